The molecule has 19 aromatic rings. The van der Waals surface area contributed by atoms with Crippen LogP contribution >= 0.6 is 0 Å². The molecule has 0 fully saturated rings. The van der Waals surface area contributed by atoms with Crippen LogP contribution in [0.2, 0.25) is 0 Å². The quantitative estimate of drug-likeness (QED) is 0.128. The van der Waals surface area contributed by atoms with Gasteiger partial charge in [0.15, 0.2) is 0 Å². The molecule has 0 N–H and O–H groups in total. The minimum Gasteiger partial charge on any atom is -0.457 e. The summed E-state index contributed by atoms with van der Waals surface area (Å²) in [5.74, 6) is 3.69. The number of rotatable bonds is 10. The maximum Gasteiger partial charge on any atom is 0.206 e. The van der Waals surface area contributed by atoms with Gasteiger partial charge in [-0.3, -0.25) is 0 Å². The van der Waals surface area contributed by atoms with Crippen molar-refractivity contribution < 1.29 is 17.9 Å². The highest BCUT2D eigenvalue weighted by Gasteiger charge is 2.28. The summed E-state index contributed by atoms with van der Waals surface area (Å²) in [6, 6.07) is 107. The van der Waals surface area contributed by atoms with Crippen LogP contribution in [-0.2, 0) is 20.7 Å². The zero-order valence-electron chi connectivity index (χ0n) is 96.9. The van der Waals surface area contributed by atoms with E-state index in [0.717, 1.165) is 45.3 Å². The van der Waals surface area contributed by atoms with Crippen LogP contribution in [0.15, 0.2) is 313 Å². The second kappa shape index (κ2) is 49.9. The van der Waals surface area contributed by atoms with Crippen molar-refractivity contribution in [3.05, 3.63) is 515 Å². The minimum atomic E-state index is -3.42. The van der Waals surface area contributed by atoms with Crippen molar-refractivity contribution >= 4 is 63.7 Å². The molecule has 4 nitrogen and oxygen atoms in total. The van der Waals surface area contributed by atoms with Gasteiger partial charge < -0.3 is 9.47 Å². The number of hydrogen-bond acceptors (Lipinski definition) is 4. The molecule has 149 heavy (non-hydrogen) atoms. The maximum atomic E-state index is 12.6. The zero-order chi connectivity index (χ0) is 109. The fourth-order valence-corrected chi connectivity index (χ4v) is 20.3. The van der Waals surface area contributed by atoms with Crippen molar-refractivity contribution in [1.82, 2.24) is 0 Å². The third-order valence-corrected chi connectivity index (χ3v) is 33.6. The van der Waals surface area contributed by atoms with Crippen LogP contribution in [0.3, 0.4) is 0 Å². The number of benzene rings is 19. The van der Waals surface area contributed by atoms with Crippen LogP contribution in [0.25, 0.3) is 53.9 Å². The van der Waals surface area contributed by atoms with Crippen molar-refractivity contribution in [1.29, 1.82) is 0 Å². The molecule has 0 heterocycles. The first kappa shape index (κ1) is 115. The van der Waals surface area contributed by atoms with Crippen molar-refractivity contribution in [3.63, 3.8) is 0 Å². The van der Waals surface area contributed by atoms with E-state index in [2.05, 4.69) is 466 Å². The van der Waals surface area contributed by atoms with Crippen LogP contribution in [0, 0.1) is 235 Å². The maximum absolute atomic E-state index is 12.6. The lowest BCUT2D eigenvalue weighted by molar-refractivity contribution is 0.474. The van der Waals surface area contributed by atoms with E-state index in [1.807, 2.05) is 76.2 Å². The number of hydrogen-bond donors (Lipinski definition) is 0. The molecule has 0 spiro atoms. The Hall–Kier alpha value is -14.0. The molecule has 0 saturated heterocycles. The number of ether oxygens (including phenoxy) is 2. The van der Waals surface area contributed by atoms with E-state index in [-0.39, 0.29) is 10.8 Å². The SMILES string of the molecule is Cc1cc2cc(C)c(C)cc2cc1C.Cc1cc2cc3cc(C)c(C)cc3cc2cc1C.Cc1ccc(C(C)(C)c2ccc(C)c(C)c2)cc1C.Cc1ccc(Oc2ccc(C)c(C)c2)cc1C.Cc1ccc(S(=O)(=O)c2ccc(C)c(C)c2)cc1C.Cc1ccc2c(C)c(C)ccc2c1C.Cc1cccc(C(C)(C)c2cccc(C)c2C)c1C.Cc1cccc(Oc2cccc(C)c2C)c1C.Cc1cccc2cccc(C)c12. The largest absolute Gasteiger partial charge is 0.457 e. The van der Waals surface area contributed by atoms with Crippen LogP contribution in [-0.4, -0.2) is 8.42 Å². The van der Waals surface area contributed by atoms with E-state index >= 15 is 0 Å². The van der Waals surface area contributed by atoms with Crippen LogP contribution in [0.1, 0.15) is 239 Å². The Morgan fingerprint density at radius 1 is 0.174 bits per heavy atom. The first-order valence-electron chi connectivity index (χ1n) is 52.8. The van der Waals surface area contributed by atoms with Gasteiger partial charge in [0.2, 0.25) is 9.84 Å². The smallest absolute Gasteiger partial charge is 0.206 e. The Balaban J connectivity index is 0.000000160. The molecule has 770 valence electrons. The highest BCUT2D eigenvalue weighted by molar-refractivity contribution is 7.91. The number of aryl methyl sites for hydroxylation is 30. The first-order valence-corrected chi connectivity index (χ1v) is 54.3. The summed E-state index contributed by atoms with van der Waals surface area (Å²) in [4.78, 5) is 0.720. The summed E-state index contributed by atoms with van der Waals surface area (Å²) >= 11 is 0. The van der Waals surface area contributed by atoms with Gasteiger partial charge in [-0.25, -0.2) is 8.42 Å². The highest BCUT2D eigenvalue weighted by Crippen LogP contribution is 2.40. The second-order valence-electron chi connectivity index (χ2n) is 43.4. The van der Waals surface area contributed by atoms with Gasteiger partial charge >= 0.3 is 0 Å². The molecule has 0 atom stereocenters. The fraction of sp³-hybridized carbons (Fsp3) is 0.278. The second-order valence-corrected chi connectivity index (χ2v) is 45.4. The van der Waals surface area contributed by atoms with Crippen molar-refractivity contribution in [2.75, 3.05) is 0 Å². The van der Waals surface area contributed by atoms with Gasteiger partial charge in [0.25, 0.3) is 0 Å². The Labute approximate surface area is 896 Å². The molecule has 0 aliphatic rings. The first-order chi connectivity index (χ1) is 70.2. The van der Waals surface area contributed by atoms with Gasteiger partial charge in [0.1, 0.15) is 23.0 Å². The molecule has 0 aliphatic carbocycles. The third-order valence-electron chi connectivity index (χ3n) is 31.8. The summed E-state index contributed by atoms with van der Waals surface area (Å²) in [5, 5.41) is 13.6. The fourth-order valence-electron chi connectivity index (χ4n) is 18.8. The van der Waals surface area contributed by atoms with E-state index < -0.39 is 9.84 Å². The average Bonchev–Trinajstić information content (AvgIpc) is 0.712. The molecule has 0 aliphatic heterocycles. The molecule has 0 amide bonds. The minimum absolute atomic E-state index is 0.0478. The van der Waals surface area contributed by atoms with Gasteiger partial charge in [-0.1, -0.05) is 258 Å². The normalized spacial score (nSPS) is 11.1. The molecule has 19 aromatic carbocycles. The average molecular weight is 1990 g/mol. The van der Waals surface area contributed by atoms with Crippen LogP contribution in [0.5, 0.6) is 23.0 Å². The molecule has 0 unspecified atom stereocenters. The molecule has 0 saturated carbocycles. The van der Waals surface area contributed by atoms with Gasteiger partial charge in [-0.05, 0) is 573 Å². The van der Waals surface area contributed by atoms with E-state index in [1.54, 1.807) is 24.3 Å². The number of fused-ring (bicyclic) bond motifs is 5. The Morgan fingerprint density at radius 3 is 0.711 bits per heavy atom. The summed E-state index contributed by atoms with van der Waals surface area (Å²) in [5.41, 5.74) is 50.2. The molecular formula is C144H164O4S. The monoisotopic (exact) mass is 1990 g/mol. The van der Waals surface area contributed by atoms with Gasteiger partial charge in [0.05, 0.1) is 9.79 Å². The molecule has 19 rings (SSSR count). The molecule has 0 aromatic heterocycles. The van der Waals surface area contributed by atoms with Crippen molar-refractivity contribution in [3.8, 4) is 23.0 Å². The van der Waals surface area contributed by atoms with E-state index in [1.165, 1.54) is 243 Å². The lowest BCUT2D eigenvalue weighted by atomic mass is 9.73. The molecule has 0 radical (unpaired) electrons. The Morgan fingerprint density at radius 2 is 0.416 bits per heavy atom. The van der Waals surface area contributed by atoms with Crippen molar-refractivity contribution in [2.45, 2.75) is 284 Å². The van der Waals surface area contributed by atoms with Gasteiger partial charge in [-0.15, -0.1) is 0 Å². The molecule has 5 heteroatoms. The Kier molecular flexibility index (Phi) is 38.6. The topological polar surface area (TPSA) is 52.6 Å². The van der Waals surface area contributed by atoms with Crippen molar-refractivity contribution in [2.24, 2.45) is 0 Å². The Bertz CT molecular complexity index is 7660. The summed E-state index contributed by atoms with van der Waals surface area (Å²) in [6.45, 7) is 81.9. The van der Waals surface area contributed by atoms with Crippen LogP contribution in [0.4, 0.5) is 0 Å². The molecule has 0 bridgehead atoms. The molecular weight excluding hydrogens is 1830 g/mol. The van der Waals surface area contributed by atoms with Gasteiger partial charge in [0, 0.05) is 10.8 Å². The van der Waals surface area contributed by atoms with Crippen LogP contribution < -0.4 is 9.47 Å². The number of sulfone groups is 1. The lowest BCUT2D eigenvalue weighted by Gasteiger charge is -2.30. The lowest BCUT2D eigenvalue weighted by Crippen LogP contribution is -2.22. The van der Waals surface area contributed by atoms with E-state index in [9.17, 15) is 8.42 Å². The van der Waals surface area contributed by atoms with E-state index in [4.69, 9.17) is 9.47 Å². The standard InChI is InChI=1S/2C19H24.C18H18.C16H18O2S.2C16H18O.2C14H16.C12H12/c1-13-7-9-17(11-15(13)3)19(5,6)18-10-8-14(2)16(4)12-18;1-13-9-7-11-17(15(13)3)19(5,6)18-12-8-10-14(2)16(18)4;1-11-5-15-9-17-7-13(3)14(4)8-18(17)10-16(15)6-12(11)2;1-11-5-7-15(9-13(11)3)19(17,18)16-8-6-12(2)14(4)10-16;1-11-5-7-15(9-13(11)3)17-16-8-6-12(2)14(4)10-16;1-11-7-5-9-15(13(11)3)17-16-10-6-8-12(2)14(16)4;1-9-5-13-7-11(3)12(4)8-14(13)6-10(9)2;1-9-5-7-14-12(4)10(2)6-8-13(14)11(9)3;1-9-5-3-7-11-8-4-6-10(2)12(9)11/h2*7-12H,1-6H3;5-10H,1-4H3;5-10H,1-4H3;2*5-10H,1-4H3;2*5-8H,1-4H3;3-8H,1-2H3. The van der Waals surface area contributed by atoms with E-state index in [0.29, 0.717) is 9.79 Å². The predicted molar refractivity (Wildman–Crippen MR) is 649 cm³/mol. The summed E-state index contributed by atoms with van der Waals surface area (Å²) in [6.07, 6.45) is 0. The summed E-state index contributed by atoms with van der Waals surface area (Å²) < 4.78 is 37.0. The highest BCUT2D eigenvalue weighted by atomic mass is 32.2. The predicted octanol–water partition coefficient (Wildman–Crippen LogP) is 40.5. The zero-order valence-corrected chi connectivity index (χ0v) is 97.7. The third kappa shape index (κ3) is 28.6. The van der Waals surface area contributed by atoms with Gasteiger partial charge in [-0.2, -0.15) is 0 Å². The summed E-state index contributed by atoms with van der Waals surface area (Å²) in [7, 11) is -3.42.